The molecule has 0 bridgehead atoms. The first-order valence-corrected chi connectivity index (χ1v) is 9.07. The largest absolute Gasteiger partial charge is 0.349 e. The van der Waals surface area contributed by atoms with Gasteiger partial charge in [-0.3, -0.25) is 5.10 Å². The molecular weight excluding hydrogens is 327 g/mol. The van der Waals surface area contributed by atoms with E-state index in [1.54, 1.807) is 6.07 Å². The van der Waals surface area contributed by atoms with E-state index in [2.05, 4.69) is 44.4 Å². The Kier molecular flexibility index (Phi) is 3.32. The van der Waals surface area contributed by atoms with Crippen LogP contribution >= 0.6 is 0 Å². The number of allylic oxidation sites excluding steroid dienone is 1. The van der Waals surface area contributed by atoms with Gasteiger partial charge in [0, 0.05) is 29.5 Å². The fourth-order valence-electron chi connectivity index (χ4n) is 4.22. The van der Waals surface area contributed by atoms with Crippen molar-refractivity contribution in [2.24, 2.45) is 0 Å². The summed E-state index contributed by atoms with van der Waals surface area (Å²) in [5.74, 6) is -0.144. The lowest BCUT2D eigenvalue weighted by Crippen LogP contribution is -2.31. The Morgan fingerprint density at radius 2 is 2.04 bits per heavy atom. The van der Waals surface area contributed by atoms with Crippen molar-refractivity contribution in [1.82, 2.24) is 15.1 Å². The van der Waals surface area contributed by atoms with Crippen LogP contribution in [0.25, 0.3) is 10.9 Å². The smallest absolute Gasteiger partial charge is 0.132 e. The van der Waals surface area contributed by atoms with E-state index in [9.17, 15) is 4.39 Å². The average molecular weight is 348 g/mol. The summed E-state index contributed by atoms with van der Waals surface area (Å²) in [6.07, 6.45) is 6.50. The summed E-state index contributed by atoms with van der Waals surface area (Å²) in [5.41, 5.74) is 6.35. The van der Waals surface area contributed by atoms with Gasteiger partial charge < -0.3 is 9.80 Å². The first-order chi connectivity index (χ1) is 12.6. The van der Waals surface area contributed by atoms with Gasteiger partial charge in [-0.25, -0.2) is 4.39 Å². The van der Waals surface area contributed by atoms with Crippen LogP contribution in [0, 0.1) is 19.7 Å². The number of nitrogens with one attached hydrogen (secondary N) is 1. The van der Waals surface area contributed by atoms with Crippen molar-refractivity contribution in [1.29, 1.82) is 0 Å². The van der Waals surface area contributed by atoms with E-state index in [-0.39, 0.29) is 12.0 Å². The third-order valence-electron chi connectivity index (χ3n) is 5.57. The highest BCUT2D eigenvalue weighted by molar-refractivity contribution is 5.79. The van der Waals surface area contributed by atoms with Crippen molar-refractivity contribution < 1.29 is 4.39 Å². The van der Waals surface area contributed by atoms with Crippen LogP contribution in [0.4, 0.5) is 10.1 Å². The predicted octanol–water partition coefficient (Wildman–Crippen LogP) is 4.77. The van der Waals surface area contributed by atoms with Crippen molar-refractivity contribution in [3.05, 3.63) is 70.9 Å². The number of hydrogen-bond donors (Lipinski definition) is 1. The lowest BCUT2D eigenvalue weighted by molar-refractivity contribution is 0.319. The summed E-state index contributed by atoms with van der Waals surface area (Å²) in [4.78, 5) is 4.77. The van der Waals surface area contributed by atoms with Gasteiger partial charge in [-0.05, 0) is 67.6 Å². The van der Waals surface area contributed by atoms with Gasteiger partial charge in [-0.1, -0.05) is 6.07 Å². The number of aromatic nitrogens is 2. The second kappa shape index (κ2) is 5.59. The van der Waals surface area contributed by atoms with Crippen LogP contribution in [0.3, 0.4) is 0 Å². The molecule has 1 N–H and O–H groups in total. The number of aryl methyl sites for hydroxylation is 2. The molecule has 5 heteroatoms. The second-order valence-corrected chi connectivity index (χ2v) is 7.30. The number of nitrogens with zero attached hydrogens (tertiary/aromatic N) is 3. The summed E-state index contributed by atoms with van der Waals surface area (Å²) < 4.78 is 14.0. The number of hydrogen-bond acceptors (Lipinski definition) is 3. The van der Waals surface area contributed by atoms with Gasteiger partial charge in [0.25, 0.3) is 0 Å². The molecular formula is C21H21FN4. The summed E-state index contributed by atoms with van der Waals surface area (Å²) in [5, 5.41) is 8.27. The maximum absolute atomic E-state index is 14.0. The molecule has 0 aliphatic carbocycles. The Bertz CT molecular complexity index is 1040. The van der Waals surface area contributed by atoms with Gasteiger partial charge in [-0.15, -0.1) is 0 Å². The average Bonchev–Trinajstić information content (AvgIpc) is 3.32. The molecule has 3 heterocycles. The highest BCUT2D eigenvalue weighted by Gasteiger charge is 2.37. The van der Waals surface area contributed by atoms with Gasteiger partial charge in [0.2, 0.25) is 0 Å². The molecule has 2 aliphatic heterocycles. The van der Waals surface area contributed by atoms with Crippen molar-refractivity contribution in [3.63, 3.8) is 0 Å². The highest BCUT2D eigenvalue weighted by atomic mass is 19.1. The van der Waals surface area contributed by atoms with Crippen LogP contribution in [0.5, 0.6) is 0 Å². The predicted molar refractivity (Wildman–Crippen MR) is 101 cm³/mol. The van der Waals surface area contributed by atoms with Crippen LogP contribution in [-0.4, -0.2) is 21.6 Å². The molecule has 0 saturated carbocycles. The van der Waals surface area contributed by atoms with Crippen molar-refractivity contribution >= 4 is 16.6 Å². The standard InChI is InChI=1S/C21H21FN4/c1-13-9-20(14(2)8-18(13)22)26-12-17-4-3-7-25(17)21(26)15-5-6-19-16(10-15)11-23-24-19/h5-6,8-12,21H,3-4,7H2,1-2H3,(H,23,24). The molecule has 1 fully saturated rings. The minimum Gasteiger partial charge on any atom is -0.349 e. The number of fused-ring (bicyclic) bond motifs is 2. The first-order valence-electron chi connectivity index (χ1n) is 9.07. The molecule has 0 radical (unpaired) electrons. The Morgan fingerprint density at radius 1 is 1.15 bits per heavy atom. The van der Waals surface area contributed by atoms with E-state index in [1.165, 1.54) is 17.7 Å². The third-order valence-corrected chi connectivity index (χ3v) is 5.57. The van der Waals surface area contributed by atoms with E-state index in [1.807, 2.05) is 26.1 Å². The number of halogens is 1. The van der Waals surface area contributed by atoms with E-state index < -0.39 is 0 Å². The Hall–Kier alpha value is -2.82. The molecule has 4 nitrogen and oxygen atoms in total. The third kappa shape index (κ3) is 2.23. The lowest BCUT2D eigenvalue weighted by Gasteiger charge is -2.33. The topological polar surface area (TPSA) is 35.2 Å². The zero-order valence-electron chi connectivity index (χ0n) is 15.0. The molecule has 1 aromatic heterocycles. The Balaban J connectivity index is 1.65. The van der Waals surface area contributed by atoms with Crippen molar-refractivity contribution in [2.75, 3.05) is 11.4 Å². The number of aromatic amines is 1. The molecule has 1 saturated heterocycles. The molecule has 1 atom stereocenters. The van der Waals surface area contributed by atoms with Crippen LogP contribution in [-0.2, 0) is 0 Å². The van der Waals surface area contributed by atoms with Gasteiger partial charge in [-0.2, -0.15) is 5.10 Å². The maximum Gasteiger partial charge on any atom is 0.132 e. The fraction of sp³-hybridized carbons (Fsp3) is 0.286. The van der Waals surface area contributed by atoms with E-state index in [0.29, 0.717) is 5.56 Å². The van der Waals surface area contributed by atoms with Crippen molar-refractivity contribution in [2.45, 2.75) is 32.9 Å². The molecule has 0 spiro atoms. The van der Waals surface area contributed by atoms with Gasteiger partial charge in [0.1, 0.15) is 12.0 Å². The molecule has 132 valence electrons. The fourth-order valence-corrected chi connectivity index (χ4v) is 4.22. The van der Waals surface area contributed by atoms with E-state index in [0.717, 1.165) is 35.1 Å². The van der Waals surface area contributed by atoms with Gasteiger partial charge in [0.15, 0.2) is 0 Å². The van der Waals surface area contributed by atoms with Gasteiger partial charge >= 0.3 is 0 Å². The monoisotopic (exact) mass is 348 g/mol. The Labute approximate surface area is 151 Å². The van der Waals surface area contributed by atoms with Crippen LogP contribution in [0.1, 0.15) is 35.7 Å². The van der Waals surface area contributed by atoms with Crippen LogP contribution in [0.15, 0.2) is 48.4 Å². The number of rotatable bonds is 2. The molecule has 0 amide bonds. The summed E-state index contributed by atoms with van der Waals surface area (Å²) in [7, 11) is 0. The highest BCUT2D eigenvalue weighted by Crippen LogP contribution is 2.44. The zero-order chi connectivity index (χ0) is 17.8. The first kappa shape index (κ1) is 15.4. The quantitative estimate of drug-likeness (QED) is 0.724. The number of anilines is 1. The SMILES string of the molecule is Cc1cc(N2C=C3CCCN3C2c2ccc3[nH]ncc3c2)c(C)cc1F. The second-order valence-electron chi connectivity index (χ2n) is 7.30. The summed E-state index contributed by atoms with van der Waals surface area (Å²) in [6, 6.07) is 10.1. The maximum atomic E-state index is 14.0. The number of benzene rings is 2. The molecule has 2 aromatic carbocycles. The lowest BCUT2D eigenvalue weighted by atomic mass is 10.1. The zero-order valence-corrected chi connectivity index (χ0v) is 15.0. The minimum absolute atomic E-state index is 0.107. The van der Waals surface area contributed by atoms with E-state index in [4.69, 9.17) is 0 Å². The molecule has 2 aliphatic rings. The number of H-pyrrole nitrogens is 1. The Morgan fingerprint density at radius 3 is 2.92 bits per heavy atom. The molecule has 3 aromatic rings. The normalized spacial score (nSPS) is 19.3. The summed E-state index contributed by atoms with van der Waals surface area (Å²) in [6.45, 7) is 4.86. The van der Waals surface area contributed by atoms with Gasteiger partial charge in [0.05, 0.1) is 11.7 Å². The molecule has 1 unspecified atom stereocenters. The van der Waals surface area contributed by atoms with Crippen molar-refractivity contribution in [3.8, 4) is 0 Å². The van der Waals surface area contributed by atoms with E-state index >= 15 is 0 Å². The van der Waals surface area contributed by atoms with Crippen LogP contribution in [0.2, 0.25) is 0 Å². The van der Waals surface area contributed by atoms with Crippen LogP contribution < -0.4 is 4.90 Å². The molecule has 26 heavy (non-hydrogen) atoms. The molecule has 5 rings (SSSR count). The summed E-state index contributed by atoms with van der Waals surface area (Å²) >= 11 is 0. The minimum atomic E-state index is -0.144.